The van der Waals surface area contributed by atoms with Gasteiger partial charge in [-0.1, -0.05) is 15.9 Å². The van der Waals surface area contributed by atoms with Crippen LogP contribution in [0.5, 0.6) is 5.75 Å². The number of carbonyl (C=O) groups is 1. The van der Waals surface area contributed by atoms with Crippen molar-refractivity contribution in [3.05, 3.63) is 28.2 Å². The minimum Gasteiger partial charge on any atom is -0.508 e. The van der Waals surface area contributed by atoms with E-state index in [1.165, 1.54) is 7.11 Å². The van der Waals surface area contributed by atoms with E-state index in [4.69, 9.17) is 0 Å². The van der Waals surface area contributed by atoms with Crippen LogP contribution < -0.4 is 5.32 Å². The van der Waals surface area contributed by atoms with E-state index in [9.17, 15) is 9.90 Å². The molecule has 1 rings (SSSR count). The van der Waals surface area contributed by atoms with Crippen molar-refractivity contribution >= 4 is 21.9 Å². The quantitative estimate of drug-likeness (QED) is 0.625. The SMILES string of the molecule is COC(=O)CCCNCc1cc(Br)ccc1O. The molecule has 0 heterocycles. The van der Waals surface area contributed by atoms with Gasteiger partial charge in [0.05, 0.1) is 7.11 Å². The molecule has 1 aromatic carbocycles. The molecule has 4 nitrogen and oxygen atoms in total. The molecule has 0 saturated carbocycles. The van der Waals surface area contributed by atoms with Crippen molar-refractivity contribution in [1.82, 2.24) is 5.32 Å². The summed E-state index contributed by atoms with van der Waals surface area (Å²) in [4.78, 5) is 10.8. The molecule has 0 aliphatic rings. The van der Waals surface area contributed by atoms with Gasteiger partial charge >= 0.3 is 5.97 Å². The lowest BCUT2D eigenvalue weighted by Crippen LogP contribution is -2.16. The molecule has 0 aliphatic heterocycles. The summed E-state index contributed by atoms with van der Waals surface area (Å²) in [5, 5.41) is 12.7. The summed E-state index contributed by atoms with van der Waals surface area (Å²) in [6, 6.07) is 5.30. The zero-order valence-electron chi connectivity index (χ0n) is 9.70. The molecule has 17 heavy (non-hydrogen) atoms. The van der Waals surface area contributed by atoms with Crippen molar-refractivity contribution in [3.63, 3.8) is 0 Å². The molecule has 0 saturated heterocycles. The van der Waals surface area contributed by atoms with Crippen molar-refractivity contribution < 1.29 is 14.6 Å². The number of phenolic OH excluding ortho intramolecular Hbond substituents is 1. The lowest BCUT2D eigenvalue weighted by atomic mass is 10.2. The highest BCUT2D eigenvalue weighted by Gasteiger charge is 2.02. The van der Waals surface area contributed by atoms with Crippen LogP contribution in [0.15, 0.2) is 22.7 Å². The Morgan fingerprint density at radius 3 is 3.00 bits per heavy atom. The van der Waals surface area contributed by atoms with Crippen molar-refractivity contribution in [1.29, 1.82) is 0 Å². The predicted octanol–water partition coefficient (Wildman–Crippen LogP) is 2.20. The summed E-state index contributed by atoms with van der Waals surface area (Å²) < 4.78 is 5.47. The number of hydrogen-bond donors (Lipinski definition) is 2. The molecule has 5 heteroatoms. The molecule has 0 fully saturated rings. The van der Waals surface area contributed by atoms with Gasteiger partial charge in [-0.3, -0.25) is 4.79 Å². The number of hydrogen-bond acceptors (Lipinski definition) is 4. The highest BCUT2D eigenvalue weighted by Crippen LogP contribution is 2.21. The van der Waals surface area contributed by atoms with Crippen molar-refractivity contribution in [3.8, 4) is 5.75 Å². The maximum atomic E-state index is 10.8. The fraction of sp³-hybridized carbons (Fsp3) is 0.417. The van der Waals surface area contributed by atoms with Gasteiger partial charge < -0.3 is 15.2 Å². The summed E-state index contributed by atoms with van der Waals surface area (Å²) in [6.45, 7) is 1.29. The highest BCUT2D eigenvalue weighted by molar-refractivity contribution is 9.10. The molecule has 0 amide bonds. The summed E-state index contributed by atoms with van der Waals surface area (Å²) in [5.41, 5.74) is 0.831. The Morgan fingerprint density at radius 2 is 2.29 bits per heavy atom. The molecule has 0 aromatic heterocycles. The third-order valence-corrected chi connectivity index (χ3v) is 2.81. The largest absolute Gasteiger partial charge is 0.508 e. The number of esters is 1. The minimum atomic E-state index is -0.197. The molecule has 2 N–H and O–H groups in total. The Balaban J connectivity index is 2.26. The molecular formula is C12H16BrNO3. The molecule has 0 bridgehead atoms. The number of phenols is 1. The van der Waals surface area contributed by atoms with E-state index >= 15 is 0 Å². The van der Waals surface area contributed by atoms with Crippen molar-refractivity contribution in [2.45, 2.75) is 19.4 Å². The lowest BCUT2D eigenvalue weighted by Gasteiger charge is -2.07. The summed E-state index contributed by atoms with van der Waals surface area (Å²) in [5.74, 6) is 0.0748. The average Bonchev–Trinajstić information content (AvgIpc) is 2.32. The Kier molecular flexibility index (Phi) is 6.00. The number of rotatable bonds is 6. The number of carbonyl (C=O) groups excluding carboxylic acids is 1. The van der Waals surface area contributed by atoms with Gasteiger partial charge in [0.1, 0.15) is 5.75 Å². The number of methoxy groups -OCH3 is 1. The molecule has 0 spiro atoms. The van der Waals surface area contributed by atoms with Gasteiger partial charge in [0.25, 0.3) is 0 Å². The zero-order chi connectivity index (χ0) is 12.7. The smallest absolute Gasteiger partial charge is 0.305 e. The first-order valence-corrected chi connectivity index (χ1v) is 6.17. The second-order valence-corrected chi connectivity index (χ2v) is 4.55. The lowest BCUT2D eigenvalue weighted by molar-refractivity contribution is -0.140. The maximum Gasteiger partial charge on any atom is 0.305 e. The van der Waals surface area contributed by atoms with Gasteiger partial charge in [-0.25, -0.2) is 0 Å². The first-order chi connectivity index (χ1) is 8.13. The maximum absolute atomic E-state index is 10.8. The molecule has 0 aliphatic carbocycles. The van der Waals surface area contributed by atoms with Crippen LogP contribution in [0.1, 0.15) is 18.4 Å². The second kappa shape index (κ2) is 7.29. The number of ether oxygens (including phenoxy) is 1. The van der Waals surface area contributed by atoms with E-state index in [0.29, 0.717) is 19.5 Å². The standard InChI is InChI=1S/C12H16BrNO3/c1-17-12(16)3-2-6-14-8-9-7-10(13)4-5-11(9)15/h4-5,7,14-15H,2-3,6,8H2,1H3. The van der Waals surface area contributed by atoms with Crippen LogP contribution in [0.2, 0.25) is 0 Å². The van der Waals surface area contributed by atoms with E-state index in [1.807, 2.05) is 6.07 Å². The van der Waals surface area contributed by atoms with Crippen LogP contribution in [0, 0.1) is 0 Å². The summed E-state index contributed by atoms with van der Waals surface area (Å²) in [7, 11) is 1.38. The Morgan fingerprint density at radius 1 is 1.53 bits per heavy atom. The van der Waals surface area contributed by atoms with Crippen LogP contribution in [0.4, 0.5) is 0 Å². The molecular weight excluding hydrogens is 286 g/mol. The molecule has 0 unspecified atom stereocenters. The Labute approximate surface area is 109 Å². The number of halogens is 1. The van der Waals surface area contributed by atoms with Gasteiger partial charge in [-0.05, 0) is 31.2 Å². The Hall–Kier alpha value is -1.07. The van der Waals surface area contributed by atoms with E-state index in [0.717, 1.165) is 16.5 Å². The predicted molar refractivity (Wildman–Crippen MR) is 68.8 cm³/mol. The minimum absolute atomic E-state index is 0.197. The van der Waals surface area contributed by atoms with Gasteiger partial charge in [-0.2, -0.15) is 0 Å². The first-order valence-electron chi connectivity index (χ1n) is 5.38. The normalized spacial score (nSPS) is 10.2. The van der Waals surface area contributed by atoms with Gasteiger partial charge in [-0.15, -0.1) is 0 Å². The monoisotopic (exact) mass is 301 g/mol. The van der Waals surface area contributed by atoms with E-state index in [-0.39, 0.29) is 11.7 Å². The van der Waals surface area contributed by atoms with Crippen LogP contribution in [0.25, 0.3) is 0 Å². The highest BCUT2D eigenvalue weighted by atomic mass is 79.9. The summed E-state index contributed by atoms with van der Waals surface area (Å²) >= 11 is 3.35. The number of aromatic hydroxyl groups is 1. The first kappa shape index (κ1) is 14.0. The van der Waals surface area contributed by atoms with E-state index < -0.39 is 0 Å². The molecule has 0 atom stereocenters. The van der Waals surface area contributed by atoms with Gasteiger partial charge in [0.2, 0.25) is 0 Å². The molecule has 1 aromatic rings. The third-order valence-electron chi connectivity index (χ3n) is 2.32. The van der Waals surface area contributed by atoms with Crippen LogP contribution >= 0.6 is 15.9 Å². The fourth-order valence-corrected chi connectivity index (χ4v) is 1.79. The summed E-state index contributed by atoms with van der Waals surface area (Å²) in [6.07, 6.45) is 1.13. The van der Waals surface area contributed by atoms with Crippen LogP contribution in [0.3, 0.4) is 0 Å². The third kappa shape index (κ3) is 5.19. The van der Waals surface area contributed by atoms with Crippen molar-refractivity contribution in [2.24, 2.45) is 0 Å². The second-order valence-electron chi connectivity index (χ2n) is 3.63. The zero-order valence-corrected chi connectivity index (χ0v) is 11.3. The van der Waals surface area contributed by atoms with Gasteiger partial charge in [0, 0.05) is 23.0 Å². The van der Waals surface area contributed by atoms with Gasteiger partial charge in [0.15, 0.2) is 0 Å². The van der Waals surface area contributed by atoms with E-state index in [1.54, 1.807) is 12.1 Å². The van der Waals surface area contributed by atoms with Crippen LogP contribution in [-0.2, 0) is 16.1 Å². The average molecular weight is 302 g/mol. The number of benzene rings is 1. The van der Waals surface area contributed by atoms with E-state index in [2.05, 4.69) is 26.0 Å². The van der Waals surface area contributed by atoms with Crippen molar-refractivity contribution in [2.75, 3.05) is 13.7 Å². The Bertz CT molecular complexity index is 382. The molecule has 0 radical (unpaired) electrons. The fourth-order valence-electron chi connectivity index (χ4n) is 1.38. The number of nitrogens with one attached hydrogen (secondary N) is 1. The molecule has 94 valence electrons. The topological polar surface area (TPSA) is 58.6 Å². The van der Waals surface area contributed by atoms with Crippen LogP contribution in [-0.4, -0.2) is 24.7 Å².